The van der Waals surface area contributed by atoms with Gasteiger partial charge < -0.3 is 112 Å². The highest BCUT2D eigenvalue weighted by Crippen LogP contribution is 2.32. The van der Waals surface area contributed by atoms with Gasteiger partial charge in [-0.2, -0.15) is 11.8 Å². The molecule has 4 rings (SSSR count). The zero-order valence-electron chi connectivity index (χ0n) is 62.0. The van der Waals surface area contributed by atoms with Crippen molar-refractivity contribution in [3.05, 3.63) is 59.7 Å². The average Bonchev–Trinajstić information content (AvgIpc) is 1.40. The smallest absolute Gasteiger partial charge is 0.243 e. The van der Waals surface area contributed by atoms with Crippen molar-refractivity contribution >= 4 is 82.7 Å². The van der Waals surface area contributed by atoms with Crippen LogP contribution in [0, 0.1) is 0 Å². The van der Waals surface area contributed by atoms with Gasteiger partial charge in [0.05, 0.1) is 72.2 Å². The molecular formula is C70H115N17O17S. The van der Waals surface area contributed by atoms with Gasteiger partial charge in [-0.3, -0.25) is 57.7 Å². The number of nitrogens with zero attached hydrogens (tertiary/aromatic N) is 9. The molecule has 2 aromatic rings. The third kappa shape index (κ3) is 33.7. The normalized spacial score (nSPS) is 13.0. The molecule has 1 fully saturated rings. The van der Waals surface area contributed by atoms with Gasteiger partial charge in [-0.05, 0) is 106 Å². The van der Waals surface area contributed by atoms with Gasteiger partial charge in [-0.25, -0.2) is 0 Å². The number of nitrogens with two attached hydrogens (primary N) is 5. The van der Waals surface area contributed by atoms with E-state index in [4.69, 9.17) is 57.1 Å². The third-order valence-electron chi connectivity index (χ3n) is 17.6. The molecule has 0 saturated heterocycles. The van der Waals surface area contributed by atoms with Crippen LogP contribution in [0.4, 0.5) is 0 Å². The van der Waals surface area contributed by atoms with Gasteiger partial charge in [0.2, 0.25) is 71.8 Å². The minimum atomic E-state index is -1.22. The fourth-order valence-electron chi connectivity index (χ4n) is 11.6. The van der Waals surface area contributed by atoms with Crippen LogP contribution in [0.1, 0.15) is 88.2 Å². The maximum atomic E-state index is 15.2. The van der Waals surface area contributed by atoms with Crippen LogP contribution in [-0.2, 0) is 84.8 Å². The largest absolute Gasteiger partial charge is 0.454 e. The SMILES string of the molecule is COCCN(CC(=O)N[C@@H](CCCN=C(N)N)C(=O)N[C@@H](CCSC)C(N)=O)C(=O)CN(CCOC)C(=O)CN(CCOC)C(=O)CN(CCOC)C(=O)CN(Cc1ccccc1)C(=O)CN(C(=O)CN(CCCCN)C(=O)CN(CCCCN)C(=O)CNCc1ccc2c(c1)OCO2)C1CCCCC1. The monoisotopic (exact) mass is 1500 g/mol. The molecule has 35 heteroatoms. The molecule has 11 amide bonds. The highest BCUT2D eigenvalue weighted by atomic mass is 32.2. The van der Waals surface area contributed by atoms with Crippen LogP contribution in [0.25, 0.3) is 0 Å². The van der Waals surface area contributed by atoms with E-state index in [1.807, 2.05) is 18.4 Å². The number of hydrogen-bond donors (Lipinski definition) is 8. The zero-order valence-corrected chi connectivity index (χ0v) is 62.8. The number of carbonyl (C=O) groups is 11. The molecule has 0 bridgehead atoms. The quantitative estimate of drug-likeness (QED) is 0.0202. The Morgan fingerprint density at radius 3 is 1.51 bits per heavy atom. The fraction of sp³-hybridized carbons (Fsp3) is 0.657. The standard InChI is InChI=1S/C70H115N17O17S/c1-99-34-30-82(43-59(88)78-56(21-16-27-77-70(74)75)69(98)79-55(68(73)97)24-38-105-5)62(91)45-83(31-35-100-2)63(92)46-84(32-36-101-3)64(93)47-85(33-37-102-4)65(94)48-86(42-52-17-8-6-9-18-52)66(95)50-87(54-19-10-7-11-20-54)67(96)49-81(29-15-13-26-72)61(90)44-80(28-14-12-25-71)60(89)41-76-40-53-22-23-57-58(39-53)104-51-103-57/h6,8-9,17-18,22-23,39,54-56,76H,7,10-16,19-21,24-38,40-51,71-72H2,1-5H3,(H2,73,97)(H,78,88)(H,79,98)(H4,74,75,77)/t55-,56-/m0/s1. The number of aliphatic imine (C=N–C) groups is 1. The Bertz CT molecular complexity index is 3060. The van der Waals surface area contributed by atoms with Crippen molar-refractivity contribution in [1.82, 2.24) is 55.1 Å². The molecule has 0 unspecified atom stereocenters. The van der Waals surface area contributed by atoms with Crippen LogP contribution in [0.5, 0.6) is 11.5 Å². The molecule has 1 aliphatic carbocycles. The first kappa shape index (κ1) is 88.9. The molecule has 105 heavy (non-hydrogen) atoms. The van der Waals surface area contributed by atoms with Crippen molar-refractivity contribution in [1.29, 1.82) is 0 Å². The number of nitrogens with one attached hydrogen (secondary N) is 3. The van der Waals surface area contributed by atoms with E-state index in [9.17, 15) is 43.2 Å². The minimum absolute atomic E-state index is 0.0264. The summed E-state index contributed by atoms with van der Waals surface area (Å²) in [4.78, 5) is 171. The van der Waals surface area contributed by atoms with E-state index in [0.717, 1.165) is 34.6 Å². The maximum absolute atomic E-state index is 15.2. The lowest BCUT2D eigenvalue weighted by atomic mass is 9.94. The number of thioether (sulfide) groups is 1. The molecule has 1 saturated carbocycles. The molecule has 2 aromatic carbocycles. The molecule has 34 nitrogen and oxygen atoms in total. The second-order valence-corrected chi connectivity index (χ2v) is 26.5. The molecule has 0 aromatic heterocycles. The molecule has 1 aliphatic heterocycles. The van der Waals surface area contributed by atoms with Gasteiger partial charge in [0, 0.05) is 93.4 Å². The first-order valence-electron chi connectivity index (χ1n) is 35.8. The number of hydrogen-bond acceptors (Lipinski definition) is 22. The lowest BCUT2D eigenvalue weighted by Gasteiger charge is -2.37. The Morgan fingerprint density at radius 1 is 0.524 bits per heavy atom. The van der Waals surface area contributed by atoms with Crippen molar-refractivity contribution in [2.75, 3.05) is 191 Å². The van der Waals surface area contributed by atoms with Crippen LogP contribution in [0.3, 0.4) is 0 Å². The number of guanidine groups is 1. The number of unbranched alkanes of at least 4 members (excludes halogenated alkanes) is 2. The zero-order chi connectivity index (χ0) is 76.9. The molecule has 13 N–H and O–H groups in total. The summed E-state index contributed by atoms with van der Waals surface area (Å²) >= 11 is 1.44. The summed E-state index contributed by atoms with van der Waals surface area (Å²) in [6.07, 6.45) is 8.08. The predicted molar refractivity (Wildman–Crippen MR) is 394 cm³/mol. The van der Waals surface area contributed by atoms with Gasteiger partial charge in [0.25, 0.3) is 0 Å². The summed E-state index contributed by atoms with van der Waals surface area (Å²) in [5.41, 5.74) is 29.9. The Kier molecular flexibility index (Phi) is 43.1. The summed E-state index contributed by atoms with van der Waals surface area (Å²) in [6, 6.07) is 11.8. The lowest BCUT2D eigenvalue weighted by Crippen LogP contribution is -2.55. The van der Waals surface area contributed by atoms with Gasteiger partial charge in [-0.1, -0.05) is 55.7 Å². The number of carbonyl (C=O) groups excluding carboxylic acids is 11. The van der Waals surface area contributed by atoms with Crippen molar-refractivity contribution < 1.29 is 81.2 Å². The third-order valence-corrected chi connectivity index (χ3v) is 18.2. The van der Waals surface area contributed by atoms with Gasteiger partial charge in [-0.15, -0.1) is 0 Å². The first-order chi connectivity index (χ1) is 50.6. The Morgan fingerprint density at radius 2 is 1.01 bits per heavy atom. The molecule has 0 radical (unpaired) electrons. The van der Waals surface area contributed by atoms with Gasteiger partial charge in [0.15, 0.2) is 17.5 Å². The Balaban J connectivity index is 1.58. The Labute approximate surface area is 621 Å². The first-order valence-corrected chi connectivity index (χ1v) is 37.2. The second kappa shape index (κ2) is 50.9. The van der Waals surface area contributed by atoms with Crippen LogP contribution in [0.2, 0.25) is 0 Å². The number of methoxy groups -OCH3 is 4. The molecule has 588 valence electrons. The van der Waals surface area contributed by atoms with Gasteiger partial charge >= 0.3 is 0 Å². The summed E-state index contributed by atoms with van der Waals surface area (Å²) in [5.74, 6) is -5.38. The van der Waals surface area contributed by atoms with E-state index >= 15 is 9.59 Å². The lowest BCUT2D eigenvalue weighted by molar-refractivity contribution is -0.150. The van der Waals surface area contributed by atoms with E-state index in [2.05, 4.69) is 20.9 Å². The molecule has 0 spiro atoms. The second-order valence-electron chi connectivity index (χ2n) is 25.5. The summed E-state index contributed by atoms with van der Waals surface area (Å²) in [7, 11) is 5.59. The molecule has 2 aliphatic rings. The number of rotatable bonds is 54. The molecular weight excluding hydrogens is 1380 g/mol. The van der Waals surface area contributed by atoms with E-state index in [-0.39, 0.29) is 130 Å². The van der Waals surface area contributed by atoms with Crippen LogP contribution < -0.4 is 54.1 Å². The van der Waals surface area contributed by atoms with Crippen molar-refractivity contribution in [3.8, 4) is 11.5 Å². The Hall–Kier alpha value is -8.45. The van der Waals surface area contributed by atoms with E-state index in [1.165, 1.54) is 69.6 Å². The topological polar surface area (TPSA) is 448 Å². The number of primary amides is 1. The van der Waals surface area contributed by atoms with Gasteiger partial charge in [0.1, 0.15) is 25.2 Å². The predicted octanol–water partition coefficient (Wildman–Crippen LogP) is -2.01. The maximum Gasteiger partial charge on any atom is 0.243 e. The van der Waals surface area contributed by atoms with Crippen LogP contribution >= 0.6 is 11.8 Å². The summed E-state index contributed by atoms with van der Waals surface area (Å²) in [5, 5.41) is 8.43. The van der Waals surface area contributed by atoms with E-state index in [0.29, 0.717) is 81.0 Å². The molecule has 1 heterocycles. The van der Waals surface area contributed by atoms with E-state index in [1.54, 1.807) is 36.4 Å². The summed E-state index contributed by atoms with van der Waals surface area (Å²) in [6.45, 7) is -3.44. The molecule has 2 atom stereocenters. The number of ether oxygens (including phenoxy) is 6. The van der Waals surface area contributed by atoms with Crippen molar-refractivity contribution in [2.24, 2.45) is 33.7 Å². The number of amides is 11. The number of fused-ring (bicyclic) bond motifs is 1. The van der Waals surface area contributed by atoms with Crippen LogP contribution in [-0.4, -0.2) is 320 Å². The number of benzene rings is 2. The highest BCUT2D eigenvalue weighted by Gasteiger charge is 2.35. The fourth-order valence-corrected chi connectivity index (χ4v) is 12.0. The average molecular weight is 1500 g/mol. The van der Waals surface area contributed by atoms with Crippen molar-refractivity contribution in [2.45, 2.75) is 108 Å². The minimum Gasteiger partial charge on any atom is -0.454 e. The van der Waals surface area contributed by atoms with Crippen LogP contribution in [0.15, 0.2) is 53.5 Å². The van der Waals surface area contributed by atoms with E-state index < -0.39 is 123 Å². The summed E-state index contributed by atoms with van der Waals surface area (Å²) < 4.78 is 32.3. The van der Waals surface area contributed by atoms with Crippen molar-refractivity contribution in [3.63, 3.8) is 0 Å². The highest BCUT2D eigenvalue weighted by molar-refractivity contribution is 7.98.